The second kappa shape index (κ2) is 9.69. The normalized spacial score (nSPS) is 25.3. The molecule has 2 fully saturated rings. The summed E-state index contributed by atoms with van der Waals surface area (Å²) < 4.78 is 0.434. The third-order valence-electron chi connectivity index (χ3n) is 4.44. The first-order valence-electron chi connectivity index (χ1n) is 8.27. The van der Waals surface area contributed by atoms with Gasteiger partial charge >= 0.3 is 6.03 Å². The molecule has 2 saturated heterocycles. The fourth-order valence-corrected chi connectivity index (χ4v) is 4.98. The predicted octanol–water partition coefficient (Wildman–Crippen LogP) is 0.722. The van der Waals surface area contributed by atoms with Crippen molar-refractivity contribution in [3.8, 4) is 0 Å². The van der Waals surface area contributed by atoms with Gasteiger partial charge < -0.3 is 20.9 Å². The second-order valence-corrected chi connectivity index (χ2v) is 8.14. The van der Waals surface area contributed by atoms with Gasteiger partial charge in [-0.05, 0) is 12.8 Å². The lowest BCUT2D eigenvalue weighted by Gasteiger charge is -2.17. The molecule has 0 aromatic carbocycles. The largest absolute Gasteiger partial charge is 0.354 e. The van der Waals surface area contributed by atoms with Crippen molar-refractivity contribution in [2.45, 2.75) is 43.0 Å². The molecule has 0 radical (unpaired) electrons. The number of amides is 4. The number of alkyl halides is 1. The van der Waals surface area contributed by atoms with Crippen LogP contribution in [0, 0.1) is 0 Å². The van der Waals surface area contributed by atoms with Crippen molar-refractivity contribution in [3.63, 3.8) is 0 Å². The molecule has 0 bridgehead atoms. The minimum atomic E-state index is -0.0122. The molecule has 2 heterocycles. The average Bonchev–Trinajstić information content (AvgIpc) is 3.09. The molecule has 3 N–H and O–H groups in total. The Morgan fingerprint density at radius 1 is 1.29 bits per heavy atom. The molecule has 7 nitrogen and oxygen atoms in total. The van der Waals surface area contributed by atoms with E-state index in [4.69, 9.17) is 0 Å². The van der Waals surface area contributed by atoms with E-state index in [2.05, 4.69) is 16.0 Å². The van der Waals surface area contributed by atoms with Gasteiger partial charge in [0.15, 0.2) is 0 Å². The summed E-state index contributed by atoms with van der Waals surface area (Å²) in [6, 6.07) is 0.598. The van der Waals surface area contributed by atoms with Gasteiger partial charge in [-0.15, -0.1) is 0 Å². The summed E-state index contributed by atoms with van der Waals surface area (Å²) in [5, 5.41) is 9.05. The zero-order valence-electron chi connectivity index (χ0n) is 13.8. The van der Waals surface area contributed by atoms with Gasteiger partial charge in [-0.25, -0.2) is 4.79 Å². The summed E-state index contributed by atoms with van der Waals surface area (Å²) in [6.07, 6.45) is 3.38. The first-order chi connectivity index (χ1) is 11.5. The van der Waals surface area contributed by atoms with Crippen LogP contribution in [0.3, 0.4) is 0 Å². The molecule has 0 aromatic rings. The molecule has 0 saturated carbocycles. The summed E-state index contributed by atoms with van der Waals surface area (Å²) in [5.74, 6) is 1.01. The number of likely N-dealkylation sites (N-methyl/N-ethyl adjacent to an activating group) is 1. The number of nitrogens with one attached hydrogen (secondary N) is 3. The Kier molecular flexibility index (Phi) is 7.92. The van der Waals surface area contributed by atoms with E-state index in [-0.39, 0.29) is 23.9 Å². The molecule has 9 heteroatoms. The van der Waals surface area contributed by atoms with Crippen LogP contribution in [0.2, 0.25) is 0 Å². The maximum atomic E-state index is 11.7. The molecule has 0 spiro atoms. The van der Waals surface area contributed by atoms with Crippen LogP contribution >= 0.6 is 34.4 Å². The van der Waals surface area contributed by atoms with E-state index in [1.165, 1.54) is 0 Å². The monoisotopic (exact) mass is 468 g/mol. The Bertz CT molecular complexity index is 480. The Labute approximate surface area is 160 Å². The average molecular weight is 468 g/mol. The summed E-state index contributed by atoms with van der Waals surface area (Å²) in [6.45, 7) is 0.949. The highest BCUT2D eigenvalue weighted by molar-refractivity contribution is 14.1. The molecular formula is C15H25IN4O3S. The van der Waals surface area contributed by atoms with Gasteiger partial charge in [0.1, 0.15) is 0 Å². The van der Waals surface area contributed by atoms with Crippen molar-refractivity contribution in [1.82, 2.24) is 20.9 Å². The molecule has 4 amide bonds. The minimum absolute atomic E-state index is 0.0122. The molecule has 136 valence electrons. The minimum Gasteiger partial charge on any atom is -0.354 e. The van der Waals surface area contributed by atoms with Gasteiger partial charge in [0.2, 0.25) is 11.8 Å². The van der Waals surface area contributed by atoms with Crippen LogP contribution in [0.15, 0.2) is 0 Å². The number of carbonyl (C=O) groups excluding carboxylic acids is 3. The third kappa shape index (κ3) is 5.40. The lowest BCUT2D eigenvalue weighted by Crippen LogP contribution is -2.37. The number of hydrogen-bond acceptors (Lipinski definition) is 4. The van der Waals surface area contributed by atoms with Gasteiger partial charge in [-0.1, -0.05) is 29.0 Å². The maximum absolute atomic E-state index is 11.7. The van der Waals surface area contributed by atoms with Crippen LogP contribution in [0.4, 0.5) is 4.79 Å². The summed E-state index contributed by atoms with van der Waals surface area (Å²) in [7, 11) is 1.86. The molecular weight excluding hydrogens is 443 g/mol. The summed E-state index contributed by atoms with van der Waals surface area (Å²) in [5.41, 5.74) is 0. The van der Waals surface area contributed by atoms with Crippen LogP contribution in [0.5, 0.6) is 0 Å². The SMILES string of the molecule is CN1C(=O)N[C@@H]2C(CCCCC(=O)NCCNC(=O)CI)SC[C@@H]21. The van der Waals surface area contributed by atoms with Crippen LogP contribution in [-0.4, -0.2) is 70.4 Å². The zero-order valence-corrected chi connectivity index (χ0v) is 16.8. The Morgan fingerprint density at radius 2 is 2.00 bits per heavy atom. The number of halogens is 1. The van der Waals surface area contributed by atoms with Gasteiger partial charge in [0.25, 0.3) is 0 Å². The van der Waals surface area contributed by atoms with E-state index < -0.39 is 0 Å². The highest BCUT2D eigenvalue weighted by Gasteiger charge is 2.46. The van der Waals surface area contributed by atoms with Crippen molar-refractivity contribution >= 4 is 52.2 Å². The fraction of sp³-hybridized carbons (Fsp3) is 0.800. The molecule has 3 atom stereocenters. The Hall–Kier alpha value is -0.710. The number of rotatable bonds is 9. The Balaban J connectivity index is 1.53. The number of carbonyl (C=O) groups is 3. The molecule has 0 aliphatic carbocycles. The third-order valence-corrected chi connectivity index (χ3v) is 6.62. The lowest BCUT2D eigenvalue weighted by molar-refractivity contribution is -0.122. The maximum Gasteiger partial charge on any atom is 0.317 e. The topological polar surface area (TPSA) is 90.5 Å². The number of nitrogens with zero attached hydrogens (tertiary/aromatic N) is 1. The van der Waals surface area contributed by atoms with Crippen molar-refractivity contribution in [2.24, 2.45) is 0 Å². The van der Waals surface area contributed by atoms with Crippen molar-refractivity contribution in [3.05, 3.63) is 0 Å². The molecule has 0 aromatic heterocycles. The van der Waals surface area contributed by atoms with Crippen LogP contribution in [0.25, 0.3) is 0 Å². The molecule has 2 aliphatic rings. The quantitative estimate of drug-likeness (QED) is 0.201. The van der Waals surface area contributed by atoms with Crippen molar-refractivity contribution in [1.29, 1.82) is 0 Å². The van der Waals surface area contributed by atoms with E-state index in [1.54, 1.807) is 0 Å². The fourth-order valence-electron chi connectivity index (χ4n) is 3.05. The van der Waals surface area contributed by atoms with Crippen molar-refractivity contribution < 1.29 is 14.4 Å². The molecule has 2 rings (SSSR count). The highest BCUT2D eigenvalue weighted by Crippen LogP contribution is 2.36. The molecule has 1 unspecified atom stereocenters. The first-order valence-corrected chi connectivity index (χ1v) is 10.8. The summed E-state index contributed by atoms with van der Waals surface area (Å²) >= 11 is 3.92. The van der Waals surface area contributed by atoms with Gasteiger partial charge in [-0.2, -0.15) is 11.8 Å². The summed E-state index contributed by atoms with van der Waals surface area (Å²) in [4.78, 5) is 36.3. The molecule has 2 aliphatic heterocycles. The van der Waals surface area contributed by atoms with Gasteiger partial charge in [0, 0.05) is 37.6 Å². The highest BCUT2D eigenvalue weighted by atomic mass is 127. The Morgan fingerprint density at radius 3 is 2.71 bits per heavy atom. The van der Waals surface area contributed by atoms with Gasteiger partial charge in [0.05, 0.1) is 16.5 Å². The smallest absolute Gasteiger partial charge is 0.317 e. The lowest BCUT2D eigenvalue weighted by atomic mass is 10.0. The van der Waals surface area contributed by atoms with E-state index in [0.29, 0.717) is 35.2 Å². The standard InChI is InChI=1S/C15H25IN4O3S/c1-20-10-9-24-11(14(10)19-15(20)23)4-2-3-5-12(21)17-6-7-18-13(22)8-16/h10-11,14H,2-9H2,1H3,(H,17,21)(H,18,22)(H,19,23)/t10-,11?,14-/m0/s1. The molecule has 24 heavy (non-hydrogen) atoms. The van der Waals surface area contributed by atoms with Crippen molar-refractivity contribution in [2.75, 3.05) is 30.3 Å². The van der Waals surface area contributed by atoms with E-state index in [1.807, 2.05) is 46.3 Å². The van der Waals surface area contributed by atoms with Crippen LogP contribution in [0.1, 0.15) is 25.7 Å². The first kappa shape index (κ1) is 19.6. The number of urea groups is 1. The number of fused-ring (bicyclic) bond motifs is 1. The van der Waals surface area contributed by atoms with Crippen LogP contribution in [-0.2, 0) is 9.59 Å². The van der Waals surface area contributed by atoms with E-state index in [9.17, 15) is 14.4 Å². The predicted molar refractivity (Wildman–Crippen MR) is 103 cm³/mol. The van der Waals surface area contributed by atoms with E-state index >= 15 is 0 Å². The number of unbranched alkanes of at least 4 members (excludes halogenated alkanes) is 1. The number of thioether (sulfide) groups is 1. The zero-order chi connectivity index (χ0) is 17.5. The van der Waals surface area contributed by atoms with E-state index in [0.717, 1.165) is 25.0 Å². The van der Waals surface area contributed by atoms with Crippen LogP contribution < -0.4 is 16.0 Å². The second-order valence-electron chi connectivity index (χ2n) is 6.10. The number of hydrogen-bond donors (Lipinski definition) is 3. The van der Waals surface area contributed by atoms with Gasteiger partial charge in [-0.3, -0.25) is 9.59 Å².